The molecule has 1 rings (SSSR count). The van der Waals surface area contributed by atoms with Crippen LogP contribution in [0.3, 0.4) is 0 Å². The Bertz CT molecular complexity index is 203. The number of hydrogen-bond donors (Lipinski definition) is 0. The third-order valence-electron chi connectivity index (χ3n) is 1.45. The topological polar surface area (TPSA) is 12.9 Å². The smallest absolute Gasteiger partial charge is 0.0278 e. The van der Waals surface area contributed by atoms with Gasteiger partial charge >= 0.3 is 0 Å². The van der Waals surface area contributed by atoms with Crippen LogP contribution in [0.25, 0.3) is 0 Å². The van der Waals surface area contributed by atoms with Crippen molar-refractivity contribution in [1.82, 2.24) is 4.98 Å². The van der Waals surface area contributed by atoms with Crippen molar-refractivity contribution in [3.8, 4) is 0 Å². The van der Waals surface area contributed by atoms with E-state index in [1.807, 2.05) is 24.2 Å². The number of unbranched alkanes of at least 4 members (excludes halogenated alkanes) is 1. The molecule has 0 N–H and O–H groups in total. The molecular formula is C9H12BrNS. The predicted molar refractivity (Wildman–Crippen MR) is 58.0 cm³/mol. The van der Waals surface area contributed by atoms with Crippen molar-refractivity contribution in [2.75, 3.05) is 11.1 Å². The molecule has 0 bridgehead atoms. The number of rotatable bonds is 5. The summed E-state index contributed by atoms with van der Waals surface area (Å²) in [5.74, 6) is 1.20. The summed E-state index contributed by atoms with van der Waals surface area (Å²) >= 11 is 5.32. The van der Waals surface area contributed by atoms with E-state index in [2.05, 4.69) is 33.0 Å². The lowest BCUT2D eigenvalue weighted by atomic mass is 10.4. The van der Waals surface area contributed by atoms with E-state index in [0.717, 1.165) is 5.33 Å². The minimum absolute atomic E-state index is 1.11. The van der Waals surface area contributed by atoms with Crippen LogP contribution in [0.15, 0.2) is 29.4 Å². The van der Waals surface area contributed by atoms with Gasteiger partial charge < -0.3 is 0 Å². The molecule has 1 nitrogen and oxygen atoms in total. The van der Waals surface area contributed by atoms with Gasteiger partial charge in [0, 0.05) is 22.6 Å². The molecule has 66 valence electrons. The van der Waals surface area contributed by atoms with E-state index in [0.29, 0.717) is 0 Å². The molecule has 0 amide bonds. The summed E-state index contributed by atoms with van der Waals surface area (Å²) < 4.78 is 0. The average Bonchev–Trinajstić information content (AvgIpc) is 2.14. The minimum atomic E-state index is 1.11. The summed E-state index contributed by atoms with van der Waals surface area (Å²) in [6, 6.07) is 4.11. The highest BCUT2D eigenvalue weighted by atomic mass is 79.9. The maximum absolute atomic E-state index is 3.97. The fourth-order valence-corrected chi connectivity index (χ4v) is 2.12. The maximum atomic E-state index is 3.97. The summed E-state index contributed by atoms with van der Waals surface area (Å²) in [6.07, 6.45) is 6.22. The van der Waals surface area contributed by atoms with Gasteiger partial charge in [-0.25, -0.2) is 0 Å². The molecule has 1 aromatic rings. The Kier molecular flexibility index (Phi) is 5.44. The molecule has 0 aliphatic heterocycles. The molecular weight excluding hydrogens is 234 g/mol. The molecule has 0 fully saturated rings. The van der Waals surface area contributed by atoms with Gasteiger partial charge in [0.15, 0.2) is 0 Å². The Balaban J connectivity index is 2.16. The van der Waals surface area contributed by atoms with E-state index in [-0.39, 0.29) is 0 Å². The zero-order chi connectivity index (χ0) is 8.65. The lowest BCUT2D eigenvalue weighted by molar-refractivity contribution is 0.912. The van der Waals surface area contributed by atoms with Crippen molar-refractivity contribution in [3.63, 3.8) is 0 Å². The molecule has 0 radical (unpaired) electrons. The molecule has 3 heteroatoms. The summed E-state index contributed by atoms with van der Waals surface area (Å²) in [4.78, 5) is 5.29. The molecule has 0 spiro atoms. The highest BCUT2D eigenvalue weighted by Crippen LogP contribution is 2.17. The van der Waals surface area contributed by atoms with E-state index in [1.54, 1.807) is 0 Å². The normalized spacial score (nSPS) is 10.1. The molecule has 12 heavy (non-hydrogen) atoms. The summed E-state index contributed by atoms with van der Waals surface area (Å²) in [5.41, 5.74) is 0. The number of aromatic nitrogens is 1. The quantitative estimate of drug-likeness (QED) is 0.449. The van der Waals surface area contributed by atoms with Gasteiger partial charge in [-0.05, 0) is 30.7 Å². The third-order valence-corrected chi connectivity index (χ3v) is 3.11. The van der Waals surface area contributed by atoms with Crippen molar-refractivity contribution in [1.29, 1.82) is 0 Å². The van der Waals surface area contributed by atoms with E-state index < -0.39 is 0 Å². The van der Waals surface area contributed by atoms with Gasteiger partial charge in [-0.15, -0.1) is 11.8 Å². The zero-order valence-electron chi connectivity index (χ0n) is 6.87. The Morgan fingerprint density at radius 1 is 1.25 bits per heavy atom. The molecule has 1 aromatic heterocycles. The van der Waals surface area contributed by atoms with Crippen LogP contribution >= 0.6 is 27.7 Å². The maximum Gasteiger partial charge on any atom is 0.0278 e. The molecule has 0 atom stereocenters. The second-order valence-electron chi connectivity index (χ2n) is 2.43. The van der Waals surface area contributed by atoms with Gasteiger partial charge in [0.2, 0.25) is 0 Å². The Morgan fingerprint density at radius 2 is 2.00 bits per heavy atom. The van der Waals surface area contributed by atoms with Crippen molar-refractivity contribution < 1.29 is 0 Å². The molecule has 0 aliphatic rings. The van der Waals surface area contributed by atoms with Gasteiger partial charge in [0.25, 0.3) is 0 Å². The monoisotopic (exact) mass is 245 g/mol. The van der Waals surface area contributed by atoms with Gasteiger partial charge in [-0.1, -0.05) is 15.9 Å². The van der Waals surface area contributed by atoms with E-state index in [1.165, 1.54) is 23.5 Å². The van der Waals surface area contributed by atoms with Crippen molar-refractivity contribution in [3.05, 3.63) is 24.5 Å². The first-order valence-corrected chi connectivity index (χ1v) is 6.13. The van der Waals surface area contributed by atoms with Gasteiger partial charge in [-0.2, -0.15) is 0 Å². The van der Waals surface area contributed by atoms with E-state index >= 15 is 0 Å². The zero-order valence-corrected chi connectivity index (χ0v) is 9.27. The van der Waals surface area contributed by atoms with Crippen LogP contribution in [-0.2, 0) is 0 Å². The number of nitrogens with zero attached hydrogens (tertiary/aromatic N) is 1. The number of thioether (sulfide) groups is 1. The molecule has 0 saturated heterocycles. The first-order valence-electron chi connectivity index (χ1n) is 4.02. The van der Waals surface area contributed by atoms with Crippen LogP contribution < -0.4 is 0 Å². The average molecular weight is 246 g/mol. The lowest BCUT2D eigenvalue weighted by Crippen LogP contribution is -1.81. The number of alkyl halides is 1. The minimum Gasteiger partial charge on any atom is -0.265 e. The Labute approximate surface area is 86.1 Å². The fourth-order valence-electron chi connectivity index (χ4n) is 0.821. The Hall–Kier alpha value is -0.0200. The third kappa shape index (κ3) is 4.12. The number of pyridine rings is 1. The van der Waals surface area contributed by atoms with Gasteiger partial charge in [-0.3, -0.25) is 4.98 Å². The van der Waals surface area contributed by atoms with Crippen LogP contribution in [0.4, 0.5) is 0 Å². The van der Waals surface area contributed by atoms with Crippen LogP contribution in [0.2, 0.25) is 0 Å². The fraction of sp³-hybridized carbons (Fsp3) is 0.444. The second kappa shape index (κ2) is 6.49. The van der Waals surface area contributed by atoms with Crippen LogP contribution in [-0.4, -0.2) is 16.1 Å². The van der Waals surface area contributed by atoms with Crippen LogP contribution in [0, 0.1) is 0 Å². The molecule has 0 aliphatic carbocycles. The molecule has 0 saturated carbocycles. The molecule has 0 unspecified atom stereocenters. The number of halogens is 1. The Morgan fingerprint density at radius 3 is 2.67 bits per heavy atom. The van der Waals surface area contributed by atoms with Crippen molar-refractivity contribution in [2.24, 2.45) is 0 Å². The highest BCUT2D eigenvalue weighted by Gasteiger charge is 1.91. The van der Waals surface area contributed by atoms with E-state index in [9.17, 15) is 0 Å². The largest absolute Gasteiger partial charge is 0.265 e. The molecule has 1 heterocycles. The van der Waals surface area contributed by atoms with Gasteiger partial charge in [0.1, 0.15) is 0 Å². The summed E-state index contributed by atoms with van der Waals surface area (Å²) in [7, 11) is 0. The standard InChI is InChI=1S/C9H12BrNS/c10-5-1-2-8-12-9-3-6-11-7-4-9/h3-4,6-7H,1-2,5,8H2. The van der Waals surface area contributed by atoms with Crippen molar-refractivity contribution in [2.45, 2.75) is 17.7 Å². The van der Waals surface area contributed by atoms with E-state index in [4.69, 9.17) is 0 Å². The van der Waals surface area contributed by atoms with Crippen molar-refractivity contribution >= 4 is 27.7 Å². The highest BCUT2D eigenvalue weighted by molar-refractivity contribution is 9.09. The second-order valence-corrected chi connectivity index (χ2v) is 4.39. The SMILES string of the molecule is BrCCCCSc1ccncc1. The number of hydrogen-bond acceptors (Lipinski definition) is 2. The summed E-state index contributed by atoms with van der Waals surface area (Å²) in [5, 5.41) is 1.11. The first-order chi connectivity index (χ1) is 5.93. The first kappa shape index (κ1) is 10.1. The summed E-state index contributed by atoms with van der Waals surface area (Å²) in [6.45, 7) is 0. The predicted octanol–water partition coefficient (Wildman–Crippen LogP) is 3.35. The van der Waals surface area contributed by atoms with Crippen LogP contribution in [0.5, 0.6) is 0 Å². The molecule has 0 aromatic carbocycles. The van der Waals surface area contributed by atoms with Crippen LogP contribution in [0.1, 0.15) is 12.8 Å². The lowest BCUT2D eigenvalue weighted by Gasteiger charge is -1.98. The van der Waals surface area contributed by atoms with Gasteiger partial charge in [0.05, 0.1) is 0 Å².